The lowest BCUT2D eigenvalue weighted by atomic mass is 10.4. The second kappa shape index (κ2) is 2.84. The van der Waals surface area contributed by atoms with Crippen LogP contribution < -0.4 is 0 Å². The Bertz CT molecular complexity index is 205. The van der Waals surface area contributed by atoms with Gasteiger partial charge in [-0.15, -0.1) is 0 Å². The molecule has 1 heterocycles. The molecule has 0 aliphatic carbocycles. The number of rotatable bonds is 2. The summed E-state index contributed by atoms with van der Waals surface area (Å²) < 4.78 is 1.73. The summed E-state index contributed by atoms with van der Waals surface area (Å²) in [5.41, 5.74) is 1.03. The second-order valence-corrected chi connectivity index (χ2v) is 2.45. The van der Waals surface area contributed by atoms with E-state index < -0.39 is 0 Å². The summed E-state index contributed by atoms with van der Waals surface area (Å²) in [7, 11) is 0. The molecule has 3 nitrogen and oxygen atoms in total. The topological polar surface area (TPSA) is 38.0 Å². The van der Waals surface area contributed by atoms with Crippen LogP contribution in [0.5, 0.6) is 0 Å². The SMILES string of the molecule is Cc1c[c]nn1C[C@H](C)O. The number of aliphatic hydroxyl groups excluding tert-OH is 1. The van der Waals surface area contributed by atoms with Crippen molar-refractivity contribution in [3.8, 4) is 0 Å². The van der Waals surface area contributed by atoms with Crippen LogP contribution in [0.25, 0.3) is 0 Å². The maximum Gasteiger partial charge on any atom is 0.113 e. The van der Waals surface area contributed by atoms with Crippen molar-refractivity contribution in [1.29, 1.82) is 0 Å². The highest BCUT2D eigenvalue weighted by molar-refractivity contribution is 4.95. The van der Waals surface area contributed by atoms with Gasteiger partial charge in [-0.25, -0.2) is 0 Å². The van der Waals surface area contributed by atoms with E-state index in [-0.39, 0.29) is 6.10 Å². The standard InChI is InChI=1S/C7H11N2O/c1-6-3-4-8-9(6)5-7(2)10/h3,7,10H,5H2,1-2H3/t7-/m0/s1. The third-order valence-corrected chi connectivity index (χ3v) is 1.30. The lowest BCUT2D eigenvalue weighted by Crippen LogP contribution is -2.13. The molecular formula is C7H11N2O. The van der Waals surface area contributed by atoms with Gasteiger partial charge in [-0.2, -0.15) is 5.10 Å². The first-order valence-electron chi connectivity index (χ1n) is 3.28. The van der Waals surface area contributed by atoms with Gasteiger partial charge in [0.2, 0.25) is 0 Å². The Morgan fingerprint density at radius 3 is 3.00 bits per heavy atom. The van der Waals surface area contributed by atoms with Gasteiger partial charge in [0.05, 0.1) is 12.6 Å². The zero-order valence-corrected chi connectivity index (χ0v) is 6.20. The van der Waals surface area contributed by atoms with Crippen LogP contribution >= 0.6 is 0 Å². The van der Waals surface area contributed by atoms with Crippen LogP contribution in [0, 0.1) is 13.1 Å². The van der Waals surface area contributed by atoms with E-state index in [2.05, 4.69) is 11.3 Å². The molecule has 0 bridgehead atoms. The Hall–Kier alpha value is -0.830. The molecule has 0 amide bonds. The molecule has 3 heteroatoms. The molecule has 0 spiro atoms. The fourth-order valence-electron chi connectivity index (χ4n) is 0.780. The number of aromatic nitrogens is 2. The van der Waals surface area contributed by atoms with Gasteiger partial charge in [0.15, 0.2) is 0 Å². The highest BCUT2D eigenvalue weighted by Gasteiger charge is 1.99. The zero-order chi connectivity index (χ0) is 7.56. The monoisotopic (exact) mass is 139 g/mol. The quantitative estimate of drug-likeness (QED) is 0.643. The van der Waals surface area contributed by atoms with Crippen LogP contribution in [0.2, 0.25) is 0 Å². The fourth-order valence-corrected chi connectivity index (χ4v) is 0.780. The van der Waals surface area contributed by atoms with E-state index in [1.54, 1.807) is 17.7 Å². The molecule has 0 fully saturated rings. The summed E-state index contributed by atoms with van der Waals surface area (Å²) in [5, 5.41) is 12.9. The van der Waals surface area contributed by atoms with Crippen LogP contribution in [-0.2, 0) is 6.54 Å². The van der Waals surface area contributed by atoms with Gasteiger partial charge in [-0.05, 0) is 19.9 Å². The van der Waals surface area contributed by atoms with Gasteiger partial charge < -0.3 is 5.11 Å². The lowest BCUT2D eigenvalue weighted by molar-refractivity contribution is 0.167. The number of aryl methyl sites for hydroxylation is 1. The van der Waals surface area contributed by atoms with Crippen molar-refractivity contribution in [1.82, 2.24) is 9.78 Å². The van der Waals surface area contributed by atoms with Gasteiger partial charge >= 0.3 is 0 Å². The smallest absolute Gasteiger partial charge is 0.113 e. The van der Waals surface area contributed by atoms with Crippen molar-refractivity contribution in [2.75, 3.05) is 0 Å². The summed E-state index contributed by atoms with van der Waals surface area (Å²) in [4.78, 5) is 0. The molecule has 0 unspecified atom stereocenters. The van der Waals surface area contributed by atoms with Crippen molar-refractivity contribution < 1.29 is 5.11 Å². The predicted molar refractivity (Wildman–Crippen MR) is 37.5 cm³/mol. The highest BCUT2D eigenvalue weighted by atomic mass is 16.3. The van der Waals surface area contributed by atoms with Gasteiger partial charge in [-0.3, -0.25) is 4.68 Å². The van der Waals surface area contributed by atoms with E-state index >= 15 is 0 Å². The number of aliphatic hydroxyl groups is 1. The fraction of sp³-hybridized carbons (Fsp3) is 0.571. The van der Waals surface area contributed by atoms with E-state index in [9.17, 15) is 0 Å². The second-order valence-electron chi connectivity index (χ2n) is 2.45. The molecule has 1 aromatic heterocycles. The van der Waals surface area contributed by atoms with Crippen molar-refractivity contribution in [2.24, 2.45) is 0 Å². The van der Waals surface area contributed by atoms with Gasteiger partial charge in [0.25, 0.3) is 0 Å². The molecule has 1 radical (unpaired) electrons. The molecular weight excluding hydrogens is 128 g/mol. The summed E-state index contributed by atoms with van der Waals surface area (Å²) in [5.74, 6) is 0. The zero-order valence-electron chi connectivity index (χ0n) is 6.20. The van der Waals surface area contributed by atoms with Gasteiger partial charge in [-0.1, -0.05) is 0 Å². The van der Waals surface area contributed by atoms with Gasteiger partial charge in [0.1, 0.15) is 6.20 Å². The summed E-state index contributed by atoms with van der Waals surface area (Å²) in [6, 6.07) is 1.79. The molecule has 10 heavy (non-hydrogen) atoms. The maximum atomic E-state index is 8.97. The largest absolute Gasteiger partial charge is 0.391 e. The van der Waals surface area contributed by atoms with E-state index in [0.29, 0.717) is 6.54 Å². The molecule has 1 rings (SSSR count). The van der Waals surface area contributed by atoms with Crippen LogP contribution in [0.3, 0.4) is 0 Å². The molecule has 0 aliphatic heterocycles. The minimum atomic E-state index is -0.341. The van der Waals surface area contributed by atoms with E-state index in [4.69, 9.17) is 5.11 Å². The molecule has 1 N–H and O–H groups in total. The summed E-state index contributed by atoms with van der Waals surface area (Å²) in [6.07, 6.45) is 2.36. The van der Waals surface area contributed by atoms with Crippen LogP contribution in [-0.4, -0.2) is 21.0 Å². The first-order valence-corrected chi connectivity index (χ1v) is 3.28. The highest BCUT2D eigenvalue weighted by Crippen LogP contribution is 1.96. The summed E-state index contributed by atoms with van der Waals surface area (Å²) >= 11 is 0. The number of hydrogen-bond donors (Lipinski definition) is 1. The Kier molecular flexibility index (Phi) is 2.06. The van der Waals surface area contributed by atoms with Crippen LogP contribution in [0.15, 0.2) is 6.07 Å². The van der Waals surface area contributed by atoms with E-state index in [0.717, 1.165) is 5.69 Å². The summed E-state index contributed by atoms with van der Waals surface area (Å²) in [6.45, 7) is 4.22. The molecule has 1 aromatic rings. The Morgan fingerprint density at radius 1 is 1.90 bits per heavy atom. The first-order chi connectivity index (χ1) is 4.70. The van der Waals surface area contributed by atoms with Crippen LogP contribution in [0.4, 0.5) is 0 Å². The Morgan fingerprint density at radius 2 is 2.60 bits per heavy atom. The first kappa shape index (κ1) is 7.28. The Labute approximate surface area is 60.3 Å². The molecule has 0 saturated carbocycles. The average molecular weight is 139 g/mol. The molecule has 0 aliphatic rings. The molecule has 55 valence electrons. The molecule has 0 aromatic carbocycles. The van der Waals surface area contributed by atoms with Crippen molar-refractivity contribution in [3.63, 3.8) is 0 Å². The van der Waals surface area contributed by atoms with Gasteiger partial charge in [0, 0.05) is 5.69 Å². The normalized spacial score (nSPS) is 13.5. The third-order valence-electron chi connectivity index (χ3n) is 1.30. The van der Waals surface area contributed by atoms with E-state index in [1.807, 2.05) is 6.92 Å². The van der Waals surface area contributed by atoms with Crippen molar-refractivity contribution in [3.05, 3.63) is 18.0 Å². The minimum absolute atomic E-state index is 0.341. The van der Waals surface area contributed by atoms with Crippen molar-refractivity contribution >= 4 is 0 Å². The number of nitrogens with zero attached hydrogens (tertiary/aromatic N) is 2. The average Bonchev–Trinajstić information content (AvgIpc) is 2.15. The van der Waals surface area contributed by atoms with Crippen molar-refractivity contribution in [2.45, 2.75) is 26.5 Å². The number of hydrogen-bond acceptors (Lipinski definition) is 2. The maximum absolute atomic E-state index is 8.97. The third kappa shape index (κ3) is 1.57. The Balaban J connectivity index is 2.65. The van der Waals surface area contributed by atoms with Crippen LogP contribution in [0.1, 0.15) is 12.6 Å². The molecule has 0 saturated heterocycles. The lowest BCUT2D eigenvalue weighted by Gasteiger charge is -2.05. The predicted octanol–water partition coefficient (Wildman–Crippen LogP) is 0.373. The minimum Gasteiger partial charge on any atom is -0.391 e. The molecule has 1 atom stereocenters. The van der Waals surface area contributed by atoms with E-state index in [1.165, 1.54) is 0 Å².